The molecule has 0 amide bonds. The van der Waals surface area contributed by atoms with Crippen molar-refractivity contribution in [2.45, 2.75) is 16.3 Å². The second kappa shape index (κ2) is 7.42. The Morgan fingerprint density at radius 2 is 1.60 bits per heavy atom. The smallest absolute Gasteiger partial charge is 0.243 e. The minimum Gasteiger partial charge on any atom is -0.496 e. The topological polar surface area (TPSA) is 107 Å². The van der Waals surface area contributed by atoms with Crippen molar-refractivity contribution in [3.05, 3.63) is 52.5 Å². The molecule has 0 bridgehead atoms. The van der Waals surface area contributed by atoms with E-state index in [0.29, 0.717) is 11.3 Å². The maximum atomic E-state index is 12.7. The Balaban J connectivity index is 2.32. The van der Waals surface area contributed by atoms with E-state index in [9.17, 15) is 16.8 Å². The second-order valence-electron chi connectivity index (χ2n) is 5.23. The average Bonchev–Trinajstić information content (AvgIpc) is 2.54. The van der Waals surface area contributed by atoms with Gasteiger partial charge < -0.3 is 4.74 Å². The van der Waals surface area contributed by atoms with Gasteiger partial charge in [0.2, 0.25) is 20.0 Å². The van der Waals surface area contributed by atoms with Crippen LogP contribution in [0.1, 0.15) is 5.56 Å². The first-order valence-electron chi connectivity index (χ1n) is 6.97. The molecule has 0 atom stereocenters. The van der Waals surface area contributed by atoms with Crippen LogP contribution in [-0.2, 0) is 26.6 Å². The molecule has 2 aromatic carbocycles. The van der Waals surface area contributed by atoms with Gasteiger partial charge in [0.25, 0.3) is 0 Å². The van der Waals surface area contributed by atoms with Crippen LogP contribution >= 0.6 is 15.9 Å². The van der Waals surface area contributed by atoms with E-state index in [2.05, 4.69) is 15.9 Å². The van der Waals surface area contributed by atoms with Crippen LogP contribution in [-0.4, -0.2) is 35.3 Å². The summed E-state index contributed by atoms with van der Waals surface area (Å²) in [5.41, 5.74) is 0.684. The van der Waals surface area contributed by atoms with E-state index >= 15 is 0 Å². The number of primary sulfonamides is 1. The van der Waals surface area contributed by atoms with Gasteiger partial charge in [-0.2, -0.15) is 4.31 Å². The van der Waals surface area contributed by atoms with Gasteiger partial charge in [-0.3, -0.25) is 0 Å². The lowest BCUT2D eigenvalue weighted by atomic mass is 10.2. The van der Waals surface area contributed by atoms with Gasteiger partial charge in [0, 0.05) is 23.6 Å². The van der Waals surface area contributed by atoms with E-state index in [4.69, 9.17) is 9.88 Å². The zero-order chi connectivity index (χ0) is 18.8. The quantitative estimate of drug-likeness (QED) is 0.726. The molecule has 2 N–H and O–H groups in total. The highest BCUT2D eigenvalue weighted by molar-refractivity contribution is 9.10. The van der Waals surface area contributed by atoms with Gasteiger partial charge in [0.1, 0.15) is 5.75 Å². The predicted molar refractivity (Wildman–Crippen MR) is 97.2 cm³/mol. The molecule has 7 nitrogen and oxygen atoms in total. The highest BCUT2D eigenvalue weighted by Gasteiger charge is 2.23. The molecule has 10 heteroatoms. The molecule has 0 saturated carbocycles. The average molecular weight is 449 g/mol. The Kier molecular flexibility index (Phi) is 5.89. The van der Waals surface area contributed by atoms with Crippen LogP contribution < -0.4 is 9.88 Å². The monoisotopic (exact) mass is 448 g/mol. The maximum absolute atomic E-state index is 12.7. The third-order valence-corrected chi connectivity index (χ3v) is 6.74. The van der Waals surface area contributed by atoms with Crippen LogP contribution in [0.25, 0.3) is 0 Å². The van der Waals surface area contributed by atoms with Crippen LogP contribution in [0.2, 0.25) is 0 Å². The van der Waals surface area contributed by atoms with Crippen molar-refractivity contribution < 1.29 is 21.6 Å². The van der Waals surface area contributed by atoms with E-state index in [0.717, 1.165) is 20.9 Å². The van der Waals surface area contributed by atoms with Crippen molar-refractivity contribution in [3.63, 3.8) is 0 Å². The van der Waals surface area contributed by atoms with Crippen LogP contribution in [0.3, 0.4) is 0 Å². The molecule has 136 valence electrons. The van der Waals surface area contributed by atoms with Gasteiger partial charge in [0.05, 0.1) is 16.9 Å². The van der Waals surface area contributed by atoms with Gasteiger partial charge in [0.15, 0.2) is 0 Å². The minimum atomic E-state index is -3.88. The van der Waals surface area contributed by atoms with E-state index in [1.807, 2.05) is 0 Å². The van der Waals surface area contributed by atoms with Crippen LogP contribution in [0.5, 0.6) is 5.75 Å². The van der Waals surface area contributed by atoms with E-state index < -0.39 is 20.0 Å². The van der Waals surface area contributed by atoms with Crippen molar-refractivity contribution >= 4 is 36.0 Å². The fourth-order valence-corrected chi connectivity index (χ4v) is 4.25. The van der Waals surface area contributed by atoms with E-state index in [1.165, 1.54) is 26.3 Å². The van der Waals surface area contributed by atoms with Crippen LogP contribution in [0.4, 0.5) is 0 Å². The first-order chi connectivity index (χ1) is 11.6. The van der Waals surface area contributed by atoms with Gasteiger partial charge >= 0.3 is 0 Å². The molecular weight excluding hydrogens is 432 g/mol. The molecule has 0 aromatic heterocycles. The van der Waals surface area contributed by atoms with Crippen LogP contribution in [0, 0.1) is 0 Å². The number of hydrogen-bond donors (Lipinski definition) is 1. The largest absolute Gasteiger partial charge is 0.496 e. The molecule has 0 fully saturated rings. The third-order valence-electron chi connectivity index (χ3n) is 3.50. The Hall–Kier alpha value is -1.46. The summed E-state index contributed by atoms with van der Waals surface area (Å²) in [6.07, 6.45) is 0. The highest BCUT2D eigenvalue weighted by atomic mass is 79.9. The molecule has 2 aromatic rings. The van der Waals surface area contributed by atoms with Gasteiger partial charge in [-0.1, -0.05) is 15.9 Å². The molecule has 0 unspecified atom stereocenters. The standard InChI is InChI=1S/C15H17BrN2O5S2/c1-18(10-11-9-12(16)3-8-15(11)23-2)25(21,22)14-6-4-13(5-7-14)24(17,19)20/h3-9H,10H2,1-2H3,(H2,17,19,20). The van der Waals surface area contributed by atoms with Crippen molar-refractivity contribution in [1.82, 2.24) is 4.31 Å². The molecule has 0 spiro atoms. The maximum Gasteiger partial charge on any atom is 0.243 e. The summed E-state index contributed by atoms with van der Waals surface area (Å²) in [4.78, 5) is -0.181. The number of nitrogens with two attached hydrogens (primary N) is 1. The minimum absolute atomic E-state index is 0.0311. The summed E-state index contributed by atoms with van der Waals surface area (Å²) in [7, 11) is -4.75. The lowest BCUT2D eigenvalue weighted by Gasteiger charge is -2.19. The molecule has 0 heterocycles. The fourth-order valence-electron chi connectivity index (χ4n) is 2.18. The Morgan fingerprint density at radius 3 is 2.12 bits per heavy atom. The molecule has 0 aliphatic carbocycles. The van der Waals surface area contributed by atoms with E-state index in [1.54, 1.807) is 18.2 Å². The van der Waals surface area contributed by atoms with E-state index in [-0.39, 0.29) is 16.3 Å². The number of benzene rings is 2. The molecule has 25 heavy (non-hydrogen) atoms. The number of methoxy groups -OCH3 is 1. The zero-order valence-electron chi connectivity index (χ0n) is 13.5. The van der Waals surface area contributed by atoms with Crippen LogP contribution in [0.15, 0.2) is 56.7 Å². The third kappa shape index (κ3) is 4.59. The molecule has 0 aliphatic rings. The first kappa shape index (κ1) is 19.9. The predicted octanol–water partition coefficient (Wildman–Crippen LogP) is 1.93. The summed E-state index contributed by atoms with van der Waals surface area (Å²) in [5.74, 6) is 0.565. The molecular formula is C15H17BrN2O5S2. The number of hydrogen-bond acceptors (Lipinski definition) is 5. The van der Waals surface area contributed by atoms with Crippen molar-refractivity contribution in [2.75, 3.05) is 14.2 Å². The van der Waals surface area contributed by atoms with Gasteiger partial charge in [-0.05, 0) is 42.5 Å². The molecule has 0 saturated heterocycles. The Bertz CT molecular complexity index is 973. The van der Waals surface area contributed by atoms with Gasteiger partial charge in [-0.15, -0.1) is 0 Å². The number of nitrogens with zero attached hydrogens (tertiary/aromatic N) is 1. The lowest BCUT2D eigenvalue weighted by Crippen LogP contribution is -2.26. The fraction of sp³-hybridized carbons (Fsp3) is 0.200. The van der Waals surface area contributed by atoms with Gasteiger partial charge in [-0.25, -0.2) is 22.0 Å². The number of rotatable bonds is 6. The molecule has 0 radical (unpaired) electrons. The lowest BCUT2D eigenvalue weighted by molar-refractivity contribution is 0.398. The second-order valence-corrected chi connectivity index (χ2v) is 9.76. The Labute approximate surface area is 155 Å². The molecule has 0 aliphatic heterocycles. The first-order valence-corrected chi connectivity index (χ1v) is 10.8. The van der Waals surface area contributed by atoms with Crippen molar-refractivity contribution in [2.24, 2.45) is 5.14 Å². The normalized spacial score (nSPS) is 12.4. The molecule has 2 rings (SSSR count). The number of sulfonamides is 2. The summed E-state index contributed by atoms with van der Waals surface area (Å²) < 4.78 is 55.1. The summed E-state index contributed by atoms with van der Waals surface area (Å²) in [6.45, 7) is 0.0852. The van der Waals surface area contributed by atoms with Crippen molar-refractivity contribution in [1.29, 1.82) is 0 Å². The summed E-state index contributed by atoms with van der Waals surface area (Å²) >= 11 is 3.35. The Morgan fingerprint density at radius 1 is 1.04 bits per heavy atom. The van der Waals surface area contributed by atoms with Crippen molar-refractivity contribution in [3.8, 4) is 5.75 Å². The summed E-state index contributed by atoms with van der Waals surface area (Å²) in [6, 6.07) is 10.1. The number of ether oxygens (including phenoxy) is 1. The number of halogens is 1. The summed E-state index contributed by atoms with van der Waals surface area (Å²) in [5, 5.41) is 5.02. The SMILES string of the molecule is COc1ccc(Br)cc1CN(C)S(=O)(=O)c1ccc(S(N)(=O)=O)cc1. The highest BCUT2D eigenvalue weighted by Crippen LogP contribution is 2.26. The zero-order valence-corrected chi connectivity index (χ0v) is 16.7.